The number of hydrogen-bond acceptors (Lipinski definition) is 4. The Bertz CT molecular complexity index is 750. The van der Waals surface area contributed by atoms with Crippen LogP contribution in [0.1, 0.15) is 66.2 Å². The first-order valence-electron chi connectivity index (χ1n) is 9.61. The summed E-state index contributed by atoms with van der Waals surface area (Å²) < 4.78 is 5.07. The smallest absolute Gasteiger partial charge is 0.227 e. The molecule has 3 aliphatic carbocycles. The van der Waals surface area contributed by atoms with Gasteiger partial charge in [-0.15, -0.1) is 0 Å². The van der Waals surface area contributed by atoms with Gasteiger partial charge in [-0.25, -0.2) is 0 Å². The molecule has 0 saturated carbocycles. The number of ether oxygens (including phenoxy) is 1. The summed E-state index contributed by atoms with van der Waals surface area (Å²) in [7, 11) is 1.38. The lowest BCUT2D eigenvalue weighted by Gasteiger charge is -2.50. The Morgan fingerprint density at radius 3 is 2.54 bits per heavy atom. The average Bonchev–Trinajstić information content (AvgIpc) is 2.58. The van der Waals surface area contributed by atoms with Crippen molar-refractivity contribution >= 4 is 11.6 Å². The molecule has 3 aliphatic rings. The molecule has 0 saturated heterocycles. The van der Waals surface area contributed by atoms with Crippen molar-refractivity contribution < 1.29 is 19.4 Å². The van der Waals surface area contributed by atoms with Gasteiger partial charge in [-0.3, -0.25) is 9.59 Å². The predicted octanol–water partition coefficient (Wildman–Crippen LogP) is 4.81. The standard InChI is InChI=1S/C22H30O4/c1-13-8-9-15-16(7-6-10-21(15,2)3)22(13,4)12-14-19(24)17(23)11-18(26-5)20(14)25/h11,13,24H,6-10,12H2,1-5H3. The number of hydrogen-bond donors (Lipinski definition) is 1. The highest BCUT2D eigenvalue weighted by atomic mass is 16.5. The maximum absolute atomic E-state index is 12.7. The second-order valence-electron chi connectivity index (χ2n) is 8.96. The SMILES string of the molecule is COC1=CC(=O)C(O)=C(CC2(C)C3=C(CCC2C)C(C)(C)CCC3)C1=O. The van der Waals surface area contributed by atoms with Crippen LogP contribution in [0.3, 0.4) is 0 Å². The van der Waals surface area contributed by atoms with Crippen molar-refractivity contribution in [3.05, 3.63) is 34.3 Å². The number of aliphatic hydroxyl groups excluding tert-OH is 1. The summed E-state index contributed by atoms with van der Waals surface area (Å²) in [6.45, 7) is 9.06. The Morgan fingerprint density at radius 2 is 1.88 bits per heavy atom. The van der Waals surface area contributed by atoms with Crippen LogP contribution in [-0.4, -0.2) is 23.8 Å². The van der Waals surface area contributed by atoms with Gasteiger partial charge >= 0.3 is 0 Å². The molecular formula is C22H30O4. The number of carbonyl (C=O) groups is 2. The molecule has 0 bridgehead atoms. The lowest BCUT2D eigenvalue weighted by atomic mass is 9.55. The minimum Gasteiger partial charge on any atom is -0.504 e. The summed E-state index contributed by atoms with van der Waals surface area (Å²) in [5.74, 6) is -0.905. The highest BCUT2D eigenvalue weighted by molar-refractivity contribution is 6.20. The molecular weight excluding hydrogens is 328 g/mol. The third-order valence-corrected chi connectivity index (χ3v) is 7.06. The number of allylic oxidation sites excluding steroid dienone is 4. The molecule has 3 rings (SSSR count). The molecule has 2 unspecified atom stereocenters. The topological polar surface area (TPSA) is 63.6 Å². The van der Waals surface area contributed by atoms with Crippen molar-refractivity contribution in [2.45, 2.75) is 66.2 Å². The molecule has 1 N–H and O–H groups in total. The van der Waals surface area contributed by atoms with E-state index >= 15 is 0 Å². The fourth-order valence-corrected chi connectivity index (χ4v) is 5.14. The van der Waals surface area contributed by atoms with E-state index in [4.69, 9.17) is 4.74 Å². The molecule has 4 nitrogen and oxygen atoms in total. The number of aliphatic hydroxyl groups is 1. The van der Waals surface area contributed by atoms with E-state index in [2.05, 4.69) is 27.7 Å². The number of carbonyl (C=O) groups excluding carboxylic acids is 2. The van der Waals surface area contributed by atoms with Crippen molar-refractivity contribution in [1.82, 2.24) is 0 Å². The van der Waals surface area contributed by atoms with Gasteiger partial charge in [0, 0.05) is 6.08 Å². The van der Waals surface area contributed by atoms with Gasteiger partial charge in [0.2, 0.25) is 11.6 Å². The van der Waals surface area contributed by atoms with Crippen molar-refractivity contribution in [2.75, 3.05) is 7.11 Å². The average molecular weight is 358 g/mol. The van der Waals surface area contributed by atoms with Gasteiger partial charge in [0.15, 0.2) is 11.5 Å². The van der Waals surface area contributed by atoms with Gasteiger partial charge < -0.3 is 9.84 Å². The van der Waals surface area contributed by atoms with Crippen LogP contribution in [0.4, 0.5) is 0 Å². The van der Waals surface area contributed by atoms with Gasteiger partial charge in [0.1, 0.15) is 0 Å². The monoisotopic (exact) mass is 358 g/mol. The number of rotatable bonds is 3. The van der Waals surface area contributed by atoms with Crippen LogP contribution in [-0.2, 0) is 14.3 Å². The van der Waals surface area contributed by atoms with E-state index < -0.39 is 11.5 Å². The summed E-state index contributed by atoms with van der Waals surface area (Å²) >= 11 is 0. The van der Waals surface area contributed by atoms with Crippen LogP contribution in [0.25, 0.3) is 0 Å². The van der Waals surface area contributed by atoms with Crippen LogP contribution < -0.4 is 0 Å². The van der Waals surface area contributed by atoms with Crippen molar-refractivity contribution in [1.29, 1.82) is 0 Å². The second kappa shape index (κ2) is 6.40. The molecule has 0 amide bonds. The van der Waals surface area contributed by atoms with Crippen LogP contribution >= 0.6 is 0 Å². The third-order valence-electron chi connectivity index (χ3n) is 7.06. The molecule has 0 heterocycles. The van der Waals surface area contributed by atoms with E-state index in [1.54, 1.807) is 0 Å². The maximum Gasteiger partial charge on any atom is 0.227 e. The first kappa shape index (κ1) is 18.9. The van der Waals surface area contributed by atoms with Crippen LogP contribution in [0, 0.1) is 16.7 Å². The van der Waals surface area contributed by atoms with E-state index in [0.29, 0.717) is 12.3 Å². The Balaban J connectivity index is 2.06. The molecule has 4 heteroatoms. The molecule has 0 aromatic heterocycles. The summed E-state index contributed by atoms with van der Waals surface area (Å²) in [5.41, 5.74) is 3.15. The third kappa shape index (κ3) is 2.83. The predicted molar refractivity (Wildman–Crippen MR) is 101 cm³/mol. The zero-order valence-corrected chi connectivity index (χ0v) is 16.6. The van der Waals surface area contributed by atoms with Crippen molar-refractivity contribution in [2.24, 2.45) is 16.7 Å². The summed E-state index contributed by atoms with van der Waals surface area (Å²) in [4.78, 5) is 24.8. The molecule has 0 fully saturated rings. The molecule has 0 aromatic carbocycles. The van der Waals surface area contributed by atoms with Crippen LogP contribution in [0.15, 0.2) is 34.3 Å². The van der Waals surface area contributed by atoms with E-state index in [1.165, 1.54) is 24.7 Å². The normalized spacial score (nSPS) is 31.7. The van der Waals surface area contributed by atoms with Crippen LogP contribution in [0.2, 0.25) is 0 Å². The Labute approximate surface area is 156 Å². The van der Waals surface area contributed by atoms with E-state index in [1.807, 2.05) is 0 Å². The molecule has 0 aliphatic heterocycles. The lowest BCUT2D eigenvalue weighted by Crippen LogP contribution is -2.39. The summed E-state index contributed by atoms with van der Waals surface area (Å²) in [6.07, 6.45) is 7.04. The number of Topliss-reactive ketones (excluding diaryl/α,β-unsaturated/α-hetero) is 1. The van der Waals surface area contributed by atoms with Gasteiger partial charge in [-0.05, 0) is 55.3 Å². The van der Waals surface area contributed by atoms with Crippen molar-refractivity contribution in [3.63, 3.8) is 0 Å². The van der Waals surface area contributed by atoms with Crippen LogP contribution in [0.5, 0.6) is 0 Å². The fourth-order valence-electron chi connectivity index (χ4n) is 5.14. The van der Waals surface area contributed by atoms with Gasteiger partial charge in [-0.2, -0.15) is 0 Å². The molecule has 2 atom stereocenters. The van der Waals surface area contributed by atoms with E-state index in [-0.39, 0.29) is 27.9 Å². The second-order valence-corrected chi connectivity index (χ2v) is 8.96. The molecule has 0 radical (unpaired) electrons. The summed E-state index contributed by atoms with van der Waals surface area (Å²) in [6, 6.07) is 0. The van der Waals surface area contributed by atoms with Crippen molar-refractivity contribution in [3.8, 4) is 0 Å². The zero-order valence-electron chi connectivity index (χ0n) is 16.6. The molecule has 142 valence electrons. The minimum absolute atomic E-state index is 0.0213. The summed E-state index contributed by atoms with van der Waals surface area (Å²) in [5, 5.41) is 10.3. The largest absolute Gasteiger partial charge is 0.504 e. The number of methoxy groups -OCH3 is 1. The Kier molecular flexibility index (Phi) is 4.66. The van der Waals surface area contributed by atoms with Gasteiger partial charge in [0.05, 0.1) is 12.7 Å². The van der Waals surface area contributed by atoms with E-state index in [0.717, 1.165) is 31.8 Å². The van der Waals surface area contributed by atoms with Gasteiger partial charge in [0.25, 0.3) is 0 Å². The minimum atomic E-state index is -0.540. The fraction of sp³-hybridized carbons (Fsp3) is 0.636. The van der Waals surface area contributed by atoms with E-state index in [9.17, 15) is 14.7 Å². The highest BCUT2D eigenvalue weighted by Gasteiger charge is 2.46. The first-order valence-corrected chi connectivity index (χ1v) is 9.61. The molecule has 0 aromatic rings. The molecule has 0 spiro atoms. The highest BCUT2D eigenvalue weighted by Crippen LogP contribution is 2.57. The van der Waals surface area contributed by atoms with Gasteiger partial charge in [-0.1, -0.05) is 38.8 Å². The Morgan fingerprint density at radius 1 is 1.19 bits per heavy atom. The Hall–Kier alpha value is -1.84. The maximum atomic E-state index is 12.7. The zero-order chi connectivity index (χ0) is 19.3. The molecule has 26 heavy (non-hydrogen) atoms. The lowest BCUT2D eigenvalue weighted by molar-refractivity contribution is -0.120. The first-order chi connectivity index (χ1) is 12.1. The number of ketones is 2. The quantitative estimate of drug-likeness (QED) is 0.581.